The summed E-state index contributed by atoms with van der Waals surface area (Å²) in [6.45, 7) is -1.85. The molecule has 0 aliphatic heterocycles. The molecule has 1 aromatic rings. The molecule has 0 fully saturated rings. The van der Waals surface area contributed by atoms with E-state index in [0.717, 1.165) is 18.2 Å². The van der Waals surface area contributed by atoms with Crippen LogP contribution in [0.3, 0.4) is 0 Å². The second-order valence-corrected chi connectivity index (χ2v) is 6.04. The molecule has 118 valence electrons. The maximum absolute atomic E-state index is 13.5. The van der Waals surface area contributed by atoms with Crippen LogP contribution in [0.4, 0.5) is 22.0 Å². The van der Waals surface area contributed by atoms with Gasteiger partial charge in [-0.3, -0.25) is 0 Å². The fourth-order valence-corrected chi connectivity index (χ4v) is 2.86. The van der Waals surface area contributed by atoms with Crippen LogP contribution < -0.4 is 10.5 Å². The number of hydrogen-bond donors (Lipinski definition) is 2. The second-order valence-electron chi connectivity index (χ2n) is 3.86. The predicted octanol–water partition coefficient (Wildman–Crippen LogP) is 1.64. The highest BCUT2D eigenvalue weighted by Gasteiger charge is 2.41. The van der Waals surface area contributed by atoms with Crippen molar-refractivity contribution < 1.29 is 30.4 Å². The van der Waals surface area contributed by atoms with Crippen LogP contribution in [0.25, 0.3) is 0 Å². The van der Waals surface area contributed by atoms with Gasteiger partial charge in [-0.15, -0.1) is 0 Å². The van der Waals surface area contributed by atoms with Crippen molar-refractivity contribution in [3.05, 3.63) is 29.6 Å². The fraction of sp³-hybridized carbons (Fsp3) is 0.300. The number of benzene rings is 1. The normalized spacial score (nSPS) is 12.7. The van der Waals surface area contributed by atoms with Gasteiger partial charge in [-0.2, -0.15) is 8.78 Å². The summed E-state index contributed by atoms with van der Waals surface area (Å²) in [5.74, 6) is -5.64. The van der Waals surface area contributed by atoms with Crippen molar-refractivity contribution in [3.63, 3.8) is 0 Å². The van der Waals surface area contributed by atoms with Gasteiger partial charge >= 0.3 is 12.3 Å². The van der Waals surface area contributed by atoms with Crippen LogP contribution in [-0.4, -0.2) is 32.3 Å². The van der Waals surface area contributed by atoms with E-state index in [1.807, 2.05) is 0 Å². The summed E-state index contributed by atoms with van der Waals surface area (Å²) in [4.78, 5) is -1.42. The van der Waals surface area contributed by atoms with E-state index in [4.69, 9.17) is 5.73 Å². The van der Waals surface area contributed by atoms with E-state index in [1.54, 1.807) is 0 Å². The van der Waals surface area contributed by atoms with Crippen LogP contribution in [0, 0.1) is 5.82 Å². The molecule has 0 aliphatic rings. The van der Waals surface area contributed by atoms with Gasteiger partial charge in [0.1, 0.15) is 10.8 Å². The lowest BCUT2D eigenvalue weighted by molar-refractivity contribution is -0.122. The minimum absolute atomic E-state index is 0.617. The number of nitrogens with one attached hydrogen (secondary N) is 1. The zero-order valence-corrected chi connectivity index (χ0v) is 11.7. The average Bonchev–Trinajstić information content (AvgIpc) is 2.35. The molecule has 0 saturated heterocycles. The summed E-state index contributed by atoms with van der Waals surface area (Å²) in [7, 11) is -4.70. The number of sulfonamides is 1. The molecular weight excluding hydrogens is 339 g/mol. The van der Waals surface area contributed by atoms with E-state index in [2.05, 4.69) is 12.2 Å². The van der Waals surface area contributed by atoms with Gasteiger partial charge < -0.3 is 5.73 Å². The Morgan fingerprint density at radius 3 is 2.43 bits per heavy atom. The Morgan fingerprint density at radius 2 is 1.95 bits per heavy atom. The first-order valence-corrected chi connectivity index (χ1v) is 7.12. The predicted molar refractivity (Wildman–Crippen MR) is 68.4 cm³/mol. The van der Waals surface area contributed by atoms with E-state index >= 15 is 0 Å². The van der Waals surface area contributed by atoms with Gasteiger partial charge in [-0.05, 0) is 12.1 Å². The van der Waals surface area contributed by atoms with Crippen molar-refractivity contribution in [2.75, 3.05) is 6.54 Å². The molecule has 0 spiro atoms. The van der Waals surface area contributed by atoms with Gasteiger partial charge in [-0.25, -0.2) is 26.3 Å². The Hall–Kier alpha value is -1.33. The lowest BCUT2D eigenvalue weighted by Gasteiger charge is -2.17. The number of rotatable bonds is 6. The summed E-state index contributed by atoms with van der Waals surface area (Å²) in [6, 6.07) is 2.71. The SMILES string of the molecule is NC(=S)c1c(F)cccc1S(=O)(=O)NCC(F)(F)C(F)F. The number of hydrogen-bond acceptors (Lipinski definition) is 3. The molecule has 0 aromatic heterocycles. The van der Waals surface area contributed by atoms with Crippen LogP contribution in [0.1, 0.15) is 5.56 Å². The van der Waals surface area contributed by atoms with Gasteiger partial charge in [0, 0.05) is 0 Å². The molecule has 0 bridgehead atoms. The Labute approximate surface area is 122 Å². The highest BCUT2D eigenvalue weighted by Crippen LogP contribution is 2.24. The molecule has 0 amide bonds. The van der Waals surface area contributed by atoms with E-state index in [-0.39, 0.29) is 0 Å². The van der Waals surface area contributed by atoms with E-state index in [1.165, 1.54) is 4.72 Å². The highest BCUT2D eigenvalue weighted by atomic mass is 32.2. The third-order valence-corrected chi connectivity index (χ3v) is 3.98. The summed E-state index contributed by atoms with van der Waals surface area (Å²) >= 11 is 4.48. The van der Waals surface area contributed by atoms with Crippen molar-refractivity contribution in [1.82, 2.24) is 4.72 Å². The maximum atomic E-state index is 13.5. The molecule has 0 atom stereocenters. The Morgan fingerprint density at radius 1 is 1.38 bits per heavy atom. The van der Waals surface area contributed by atoms with Crippen LogP contribution in [0.15, 0.2) is 23.1 Å². The molecule has 0 heterocycles. The molecule has 1 aromatic carbocycles. The van der Waals surface area contributed by atoms with Gasteiger partial charge in [0.05, 0.1) is 17.0 Å². The summed E-state index contributed by atoms with van der Waals surface area (Å²) in [5.41, 5.74) is 4.49. The third-order valence-electron chi connectivity index (χ3n) is 2.33. The largest absolute Gasteiger partial charge is 0.389 e. The van der Waals surface area contributed by atoms with Crippen molar-refractivity contribution in [3.8, 4) is 0 Å². The maximum Gasteiger partial charge on any atom is 0.320 e. The van der Waals surface area contributed by atoms with Crippen LogP contribution in [0.2, 0.25) is 0 Å². The average molecular weight is 348 g/mol. The molecule has 0 saturated carbocycles. The van der Waals surface area contributed by atoms with Crippen LogP contribution >= 0.6 is 12.2 Å². The smallest absolute Gasteiger partial charge is 0.320 e. The molecule has 0 aliphatic carbocycles. The molecule has 4 nitrogen and oxygen atoms in total. The Balaban J connectivity index is 3.16. The third kappa shape index (κ3) is 4.08. The Bertz CT molecular complexity index is 649. The lowest BCUT2D eigenvalue weighted by Crippen LogP contribution is -2.41. The minimum atomic E-state index is -4.70. The first-order chi connectivity index (χ1) is 9.49. The van der Waals surface area contributed by atoms with Crippen molar-refractivity contribution in [2.45, 2.75) is 17.2 Å². The topological polar surface area (TPSA) is 72.2 Å². The number of nitrogens with two attached hydrogens (primary N) is 1. The number of thiocarbonyl (C=S) groups is 1. The standard InChI is InChI=1S/C10H9F5N2O2S2/c11-5-2-1-3-6(7(5)8(16)20)21(18,19)17-4-10(14,15)9(12)13/h1-3,9,17H,4H2,(H2,16,20). The van der Waals surface area contributed by atoms with Gasteiger partial charge in [0.25, 0.3) is 0 Å². The summed E-state index contributed by atoms with van der Waals surface area (Å²) in [6.07, 6.45) is -4.05. The Kier molecular flexibility index (Phi) is 5.23. The molecule has 0 radical (unpaired) electrons. The van der Waals surface area contributed by atoms with Crippen molar-refractivity contribution in [1.29, 1.82) is 0 Å². The summed E-state index contributed by atoms with van der Waals surface area (Å²) in [5, 5.41) is 0. The molecule has 1 rings (SSSR count). The van der Waals surface area contributed by atoms with E-state index < -0.39 is 50.2 Å². The molecule has 3 N–H and O–H groups in total. The van der Waals surface area contributed by atoms with Crippen molar-refractivity contribution >= 4 is 27.2 Å². The van der Waals surface area contributed by atoms with Gasteiger partial charge in [0.15, 0.2) is 0 Å². The quantitative estimate of drug-likeness (QED) is 0.606. The second kappa shape index (κ2) is 6.20. The van der Waals surface area contributed by atoms with Crippen molar-refractivity contribution in [2.24, 2.45) is 5.73 Å². The van der Waals surface area contributed by atoms with E-state index in [9.17, 15) is 30.4 Å². The van der Waals surface area contributed by atoms with Gasteiger partial charge in [-0.1, -0.05) is 18.3 Å². The minimum Gasteiger partial charge on any atom is -0.389 e. The first kappa shape index (κ1) is 17.7. The number of alkyl halides is 4. The molecular formula is C10H9F5N2O2S2. The zero-order chi connectivity index (χ0) is 16.4. The van der Waals surface area contributed by atoms with Crippen LogP contribution in [-0.2, 0) is 10.0 Å². The molecule has 21 heavy (non-hydrogen) atoms. The molecule has 0 unspecified atom stereocenters. The zero-order valence-electron chi connectivity index (χ0n) is 10.1. The van der Waals surface area contributed by atoms with Gasteiger partial charge in [0.2, 0.25) is 10.0 Å². The van der Waals surface area contributed by atoms with Crippen LogP contribution in [0.5, 0.6) is 0 Å². The van der Waals surface area contributed by atoms with E-state index in [0.29, 0.717) is 0 Å². The lowest BCUT2D eigenvalue weighted by atomic mass is 10.2. The number of halogens is 5. The monoisotopic (exact) mass is 348 g/mol. The summed E-state index contributed by atoms with van der Waals surface area (Å²) < 4.78 is 87.8. The first-order valence-electron chi connectivity index (χ1n) is 5.23. The molecule has 11 heteroatoms. The fourth-order valence-electron chi connectivity index (χ4n) is 1.31. The highest BCUT2D eigenvalue weighted by molar-refractivity contribution is 7.89.